The van der Waals surface area contributed by atoms with E-state index >= 15 is 0 Å². The van der Waals surface area contributed by atoms with E-state index in [0.717, 1.165) is 30.9 Å². The molecule has 18 heavy (non-hydrogen) atoms. The fourth-order valence-electron chi connectivity index (χ4n) is 1.92. The van der Waals surface area contributed by atoms with E-state index < -0.39 is 0 Å². The smallest absolute Gasteiger partial charge is 0.319 e. The predicted molar refractivity (Wildman–Crippen MR) is 71.8 cm³/mol. The standard InChI is InChI=1S/C12H17N3O2S/c16-11-5-1-7-15(11)8-3-6-13-12(17)14-10-4-2-9-18-10/h2,4,9H,1,3,5-8H2,(H2,13,14,17). The molecule has 98 valence electrons. The molecule has 0 aromatic carbocycles. The number of rotatable bonds is 5. The maximum atomic E-state index is 11.5. The van der Waals surface area contributed by atoms with Gasteiger partial charge in [0.2, 0.25) is 5.91 Å². The van der Waals surface area contributed by atoms with Crippen LogP contribution in [0.1, 0.15) is 19.3 Å². The summed E-state index contributed by atoms with van der Waals surface area (Å²) in [7, 11) is 0. The van der Waals surface area contributed by atoms with Gasteiger partial charge in [0.15, 0.2) is 0 Å². The fourth-order valence-corrected chi connectivity index (χ4v) is 2.53. The summed E-state index contributed by atoms with van der Waals surface area (Å²) in [6, 6.07) is 3.55. The average Bonchev–Trinajstić information content (AvgIpc) is 2.97. The number of anilines is 1. The number of thiophene rings is 1. The molecule has 3 amide bonds. The van der Waals surface area contributed by atoms with Crippen LogP contribution in [0, 0.1) is 0 Å². The molecule has 6 heteroatoms. The van der Waals surface area contributed by atoms with Crippen molar-refractivity contribution in [2.75, 3.05) is 25.0 Å². The summed E-state index contributed by atoms with van der Waals surface area (Å²) < 4.78 is 0. The molecule has 1 saturated heterocycles. The van der Waals surface area contributed by atoms with E-state index in [1.807, 2.05) is 22.4 Å². The largest absolute Gasteiger partial charge is 0.343 e. The van der Waals surface area contributed by atoms with Crippen LogP contribution in [0.3, 0.4) is 0 Å². The molecule has 0 radical (unpaired) electrons. The van der Waals surface area contributed by atoms with E-state index in [0.29, 0.717) is 13.0 Å². The maximum absolute atomic E-state index is 11.5. The third-order valence-corrected chi connectivity index (χ3v) is 3.60. The van der Waals surface area contributed by atoms with Crippen molar-refractivity contribution in [3.8, 4) is 0 Å². The average molecular weight is 267 g/mol. The number of hydrogen-bond acceptors (Lipinski definition) is 3. The minimum absolute atomic E-state index is 0.190. The van der Waals surface area contributed by atoms with Crippen LogP contribution < -0.4 is 10.6 Å². The lowest BCUT2D eigenvalue weighted by Crippen LogP contribution is -2.32. The Bertz CT molecular complexity index is 405. The second-order valence-corrected chi connectivity index (χ2v) is 5.14. The fraction of sp³-hybridized carbons (Fsp3) is 0.500. The van der Waals surface area contributed by atoms with Crippen LogP contribution in [0.15, 0.2) is 17.5 Å². The van der Waals surface area contributed by atoms with Crippen molar-refractivity contribution in [2.45, 2.75) is 19.3 Å². The van der Waals surface area contributed by atoms with E-state index in [9.17, 15) is 9.59 Å². The zero-order chi connectivity index (χ0) is 12.8. The normalized spacial score (nSPS) is 14.9. The third-order valence-electron chi connectivity index (χ3n) is 2.82. The van der Waals surface area contributed by atoms with Gasteiger partial charge in [-0.05, 0) is 30.4 Å². The Kier molecular flexibility index (Phi) is 4.58. The Labute approximate surface area is 110 Å². The lowest BCUT2D eigenvalue weighted by molar-refractivity contribution is -0.127. The summed E-state index contributed by atoms with van der Waals surface area (Å²) in [5.74, 6) is 0.234. The summed E-state index contributed by atoms with van der Waals surface area (Å²) in [5, 5.41) is 8.27. The lowest BCUT2D eigenvalue weighted by Gasteiger charge is -2.15. The number of nitrogens with zero attached hydrogens (tertiary/aromatic N) is 1. The zero-order valence-electron chi connectivity index (χ0n) is 10.1. The molecule has 0 atom stereocenters. The van der Waals surface area contributed by atoms with E-state index in [-0.39, 0.29) is 11.9 Å². The van der Waals surface area contributed by atoms with Crippen LogP contribution >= 0.6 is 11.3 Å². The Balaban J connectivity index is 1.57. The van der Waals surface area contributed by atoms with E-state index in [1.165, 1.54) is 11.3 Å². The molecular formula is C12H17N3O2S. The van der Waals surface area contributed by atoms with Crippen molar-refractivity contribution >= 4 is 28.3 Å². The van der Waals surface area contributed by atoms with Gasteiger partial charge in [-0.2, -0.15) is 0 Å². The number of urea groups is 1. The highest BCUT2D eigenvalue weighted by molar-refractivity contribution is 7.14. The van der Waals surface area contributed by atoms with Crippen LogP contribution in [0.2, 0.25) is 0 Å². The molecule has 1 aromatic heterocycles. The van der Waals surface area contributed by atoms with Crippen molar-refractivity contribution < 1.29 is 9.59 Å². The van der Waals surface area contributed by atoms with Crippen LogP contribution in [0.25, 0.3) is 0 Å². The van der Waals surface area contributed by atoms with Crippen LogP contribution in [-0.2, 0) is 4.79 Å². The predicted octanol–water partition coefficient (Wildman–Crippen LogP) is 1.88. The number of carbonyl (C=O) groups is 2. The second-order valence-electron chi connectivity index (χ2n) is 4.20. The molecule has 0 aliphatic carbocycles. The Morgan fingerprint density at radius 2 is 2.39 bits per heavy atom. The molecule has 1 aliphatic heterocycles. The summed E-state index contributed by atoms with van der Waals surface area (Å²) in [4.78, 5) is 24.7. The number of carbonyl (C=O) groups excluding carboxylic acids is 2. The third kappa shape index (κ3) is 3.73. The molecule has 0 spiro atoms. The van der Waals surface area contributed by atoms with Crippen LogP contribution in [0.5, 0.6) is 0 Å². The van der Waals surface area contributed by atoms with Gasteiger partial charge in [0.05, 0.1) is 5.00 Å². The number of likely N-dealkylation sites (tertiary alicyclic amines) is 1. The van der Waals surface area contributed by atoms with Crippen LogP contribution in [0.4, 0.5) is 9.80 Å². The minimum Gasteiger partial charge on any atom is -0.343 e. The van der Waals surface area contributed by atoms with Gasteiger partial charge in [-0.3, -0.25) is 10.1 Å². The van der Waals surface area contributed by atoms with E-state index in [1.54, 1.807) is 0 Å². The highest BCUT2D eigenvalue weighted by Gasteiger charge is 2.18. The van der Waals surface area contributed by atoms with Crippen molar-refractivity contribution in [3.63, 3.8) is 0 Å². The number of amides is 3. The molecule has 2 heterocycles. The first-order valence-electron chi connectivity index (χ1n) is 6.12. The van der Waals surface area contributed by atoms with Gasteiger partial charge in [0, 0.05) is 26.1 Å². The monoisotopic (exact) mass is 267 g/mol. The van der Waals surface area contributed by atoms with Crippen molar-refractivity contribution in [3.05, 3.63) is 17.5 Å². The summed E-state index contributed by atoms with van der Waals surface area (Å²) in [5.41, 5.74) is 0. The Hall–Kier alpha value is -1.56. The Morgan fingerprint density at radius 3 is 3.06 bits per heavy atom. The highest BCUT2D eigenvalue weighted by atomic mass is 32.1. The quantitative estimate of drug-likeness (QED) is 0.800. The summed E-state index contributed by atoms with van der Waals surface area (Å²) in [6.07, 6.45) is 2.43. The molecule has 2 rings (SSSR count). The molecule has 0 bridgehead atoms. The van der Waals surface area contributed by atoms with Crippen molar-refractivity contribution in [1.82, 2.24) is 10.2 Å². The first-order valence-corrected chi connectivity index (χ1v) is 7.00. The number of nitrogens with one attached hydrogen (secondary N) is 2. The SMILES string of the molecule is O=C(NCCCN1CCCC1=O)Nc1cccs1. The summed E-state index contributed by atoms with van der Waals surface area (Å²) in [6.45, 7) is 2.18. The van der Waals surface area contributed by atoms with Crippen LogP contribution in [-0.4, -0.2) is 36.5 Å². The molecular weight excluding hydrogens is 250 g/mol. The highest BCUT2D eigenvalue weighted by Crippen LogP contribution is 2.14. The lowest BCUT2D eigenvalue weighted by atomic mass is 10.4. The maximum Gasteiger partial charge on any atom is 0.319 e. The summed E-state index contributed by atoms with van der Waals surface area (Å²) >= 11 is 1.49. The van der Waals surface area contributed by atoms with Gasteiger partial charge >= 0.3 is 6.03 Å². The van der Waals surface area contributed by atoms with E-state index in [4.69, 9.17) is 0 Å². The molecule has 0 saturated carbocycles. The van der Waals surface area contributed by atoms with Gasteiger partial charge in [-0.15, -0.1) is 11.3 Å². The molecule has 1 fully saturated rings. The van der Waals surface area contributed by atoms with E-state index in [2.05, 4.69) is 10.6 Å². The zero-order valence-corrected chi connectivity index (χ0v) is 11.0. The molecule has 1 aliphatic rings. The van der Waals surface area contributed by atoms with Gasteiger partial charge in [-0.25, -0.2) is 4.79 Å². The minimum atomic E-state index is -0.190. The number of hydrogen-bond donors (Lipinski definition) is 2. The Morgan fingerprint density at radius 1 is 1.50 bits per heavy atom. The first kappa shape index (κ1) is 12.9. The molecule has 0 unspecified atom stereocenters. The topological polar surface area (TPSA) is 61.4 Å². The van der Waals surface area contributed by atoms with Gasteiger partial charge in [0.1, 0.15) is 0 Å². The molecule has 2 N–H and O–H groups in total. The second kappa shape index (κ2) is 6.39. The van der Waals surface area contributed by atoms with Crippen molar-refractivity contribution in [2.24, 2.45) is 0 Å². The van der Waals surface area contributed by atoms with Gasteiger partial charge < -0.3 is 10.2 Å². The first-order chi connectivity index (χ1) is 8.75. The molecule has 5 nitrogen and oxygen atoms in total. The van der Waals surface area contributed by atoms with Gasteiger partial charge in [-0.1, -0.05) is 0 Å². The van der Waals surface area contributed by atoms with Crippen molar-refractivity contribution in [1.29, 1.82) is 0 Å². The van der Waals surface area contributed by atoms with Gasteiger partial charge in [0.25, 0.3) is 0 Å². The molecule has 1 aromatic rings.